The first-order valence-electron chi connectivity index (χ1n) is 5.46. The lowest BCUT2D eigenvalue weighted by molar-refractivity contribution is 0.209. The van der Waals surface area contributed by atoms with E-state index in [0.29, 0.717) is 12.6 Å². The Labute approximate surface area is 86.0 Å². The lowest BCUT2D eigenvalue weighted by Crippen LogP contribution is -2.41. The van der Waals surface area contributed by atoms with E-state index in [1.807, 2.05) is 4.90 Å². The van der Waals surface area contributed by atoms with E-state index in [4.69, 9.17) is 0 Å². The third-order valence-corrected chi connectivity index (χ3v) is 2.35. The molecule has 1 aliphatic rings. The average molecular weight is 199 g/mol. The van der Waals surface area contributed by atoms with Crippen LogP contribution in [0.15, 0.2) is 0 Å². The van der Waals surface area contributed by atoms with Gasteiger partial charge in [-0.2, -0.15) is 0 Å². The number of amides is 2. The van der Waals surface area contributed by atoms with Crippen LogP contribution in [0.4, 0.5) is 4.79 Å². The van der Waals surface area contributed by atoms with Crippen LogP contribution >= 0.6 is 0 Å². The summed E-state index contributed by atoms with van der Waals surface area (Å²) in [6.45, 7) is 7.60. The number of nitrogens with zero attached hydrogens (tertiary/aromatic N) is 1. The highest BCUT2D eigenvalue weighted by atomic mass is 16.2. The van der Waals surface area contributed by atoms with Crippen LogP contribution in [0.3, 0.4) is 0 Å². The van der Waals surface area contributed by atoms with Gasteiger partial charge in [-0.3, -0.25) is 0 Å². The first-order valence-corrected chi connectivity index (χ1v) is 5.46. The topological polar surface area (TPSA) is 44.4 Å². The quantitative estimate of drug-likeness (QED) is 0.657. The Balaban J connectivity index is 2.03. The highest BCUT2D eigenvalue weighted by Crippen LogP contribution is 2.06. The Hall–Kier alpha value is -0.770. The molecule has 0 radical (unpaired) electrons. The summed E-state index contributed by atoms with van der Waals surface area (Å²) in [5.41, 5.74) is 0. The van der Waals surface area contributed by atoms with Crippen molar-refractivity contribution in [3.8, 4) is 0 Å². The van der Waals surface area contributed by atoms with Crippen molar-refractivity contribution in [2.24, 2.45) is 0 Å². The van der Waals surface area contributed by atoms with Crippen molar-refractivity contribution in [1.82, 2.24) is 15.5 Å². The molecule has 0 bridgehead atoms. The fourth-order valence-corrected chi connectivity index (χ4v) is 1.56. The zero-order valence-electron chi connectivity index (χ0n) is 9.18. The second kappa shape index (κ2) is 5.86. The highest BCUT2D eigenvalue weighted by molar-refractivity contribution is 5.74. The molecule has 0 unspecified atom stereocenters. The minimum absolute atomic E-state index is 0.0908. The molecular weight excluding hydrogens is 178 g/mol. The zero-order valence-corrected chi connectivity index (χ0v) is 9.18. The van der Waals surface area contributed by atoms with Gasteiger partial charge >= 0.3 is 6.03 Å². The highest BCUT2D eigenvalue weighted by Gasteiger charge is 2.16. The molecule has 1 rings (SSSR count). The maximum atomic E-state index is 11.5. The lowest BCUT2D eigenvalue weighted by atomic mass is 10.4. The molecule has 0 atom stereocenters. The molecule has 1 saturated heterocycles. The van der Waals surface area contributed by atoms with Crippen LogP contribution in [0, 0.1) is 0 Å². The molecule has 0 aromatic rings. The number of rotatable bonds is 4. The monoisotopic (exact) mass is 199 g/mol. The SMILES string of the molecule is CC(C)NCCNC(=O)N1CCCC1. The van der Waals surface area contributed by atoms with E-state index in [0.717, 1.165) is 32.5 Å². The second-order valence-electron chi connectivity index (χ2n) is 4.03. The van der Waals surface area contributed by atoms with Gasteiger partial charge in [-0.25, -0.2) is 4.79 Å². The smallest absolute Gasteiger partial charge is 0.317 e. The van der Waals surface area contributed by atoms with Gasteiger partial charge in [0.1, 0.15) is 0 Å². The molecule has 0 aromatic heterocycles. The van der Waals surface area contributed by atoms with Crippen LogP contribution in [-0.4, -0.2) is 43.2 Å². The van der Waals surface area contributed by atoms with Gasteiger partial charge in [0, 0.05) is 32.2 Å². The van der Waals surface area contributed by atoms with Crippen LogP contribution in [0.5, 0.6) is 0 Å². The van der Waals surface area contributed by atoms with Gasteiger partial charge in [0.15, 0.2) is 0 Å². The van der Waals surface area contributed by atoms with Crippen molar-refractivity contribution < 1.29 is 4.79 Å². The van der Waals surface area contributed by atoms with Crippen molar-refractivity contribution in [2.45, 2.75) is 32.7 Å². The van der Waals surface area contributed by atoms with Crippen molar-refractivity contribution in [3.63, 3.8) is 0 Å². The van der Waals surface area contributed by atoms with Crippen molar-refractivity contribution in [1.29, 1.82) is 0 Å². The van der Waals surface area contributed by atoms with Crippen LogP contribution in [0.1, 0.15) is 26.7 Å². The largest absolute Gasteiger partial charge is 0.337 e. The average Bonchev–Trinajstić information content (AvgIpc) is 2.64. The number of urea groups is 1. The molecule has 0 saturated carbocycles. The van der Waals surface area contributed by atoms with E-state index in [1.165, 1.54) is 0 Å². The Kier molecular flexibility index (Phi) is 4.73. The normalized spacial score (nSPS) is 16.4. The lowest BCUT2D eigenvalue weighted by Gasteiger charge is -2.16. The number of carbonyl (C=O) groups is 1. The Morgan fingerprint density at radius 2 is 1.93 bits per heavy atom. The Morgan fingerprint density at radius 3 is 2.50 bits per heavy atom. The number of likely N-dealkylation sites (tertiary alicyclic amines) is 1. The van der Waals surface area contributed by atoms with Crippen LogP contribution in [-0.2, 0) is 0 Å². The molecule has 2 amide bonds. The Morgan fingerprint density at radius 1 is 1.29 bits per heavy atom. The second-order valence-corrected chi connectivity index (χ2v) is 4.03. The molecule has 1 aliphatic heterocycles. The van der Waals surface area contributed by atoms with Gasteiger partial charge in [0.05, 0.1) is 0 Å². The fraction of sp³-hybridized carbons (Fsp3) is 0.900. The van der Waals surface area contributed by atoms with Gasteiger partial charge in [0.25, 0.3) is 0 Å². The summed E-state index contributed by atoms with van der Waals surface area (Å²) in [4.78, 5) is 13.4. The maximum Gasteiger partial charge on any atom is 0.317 e. The zero-order chi connectivity index (χ0) is 10.4. The third-order valence-electron chi connectivity index (χ3n) is 2.35. The van der Waals surface area contributed by atoms with Crippen LogP contribution in [0.2, 0.25) is 0 Å². The minimum Gasteiger partial charge on any atom is -0.337 e. The van der Waals surface area contributed by atoms with E-state index in [2.05, 4.69) is 24.5 Å². The molecule has 4 nitrogen and oxygen atoms in total. The molecule has 2 N–H and O–H groups in total. The van der Waals surface area contributed by atoms with E-state index < -0.39 is 0 Å². The molecule has 0 aromatic carbocycles. The summed E-state index contributed by atoms with van der Waals surface area (Å²) >= 11 is 0. The Bertz CT molecular complexity index is 176. The number of nitrogens with one attached hydrogen (secondary N) is 2. The first-order chi connectivity index (χ1) is 6.70. The van der Waals surface area contributed by atoms with Crippen LogP contribution < -0.4 is 10.6 Å². The fourth-order valence-electron chi connectivity index (χ4n) is 1.56. The summed E-state index contributed by atoms with van der Waals surface area (Å²) < 4.78 is 0. The number of carbonyl (C=O) groups excluding carboxylic acids is 1. The van der Waals surface area contributed by atoms with Gasteiger partial charge < -0.3 is 15.5 Å². The number of hydrogen-bond acceptors (Lipinski definition) is 2. The van der Waals surface area contributed by atoms with Gasteiger partial charge in [0.2, 0.25) is 0 Å². The molecule has 82 valence electrons. The maximum absolute atomic E-state index is 11.5. The molecule has 0 spiro atoms. The first kappa shape index (κ1) is 11.3. The van der Waals surface area contributed by atoms with E-state index in [-0.39, 0.29) is 6.03 Å². The van der Waals surface area contributed by atoms with Crippen molar-refractivity contribution >= 4 is 6.03 Å². The predicted octanol–water partition coefficient (Wildman–Crippen LogP) is 0.790. The van der Waals surface area contributed by atoms with E-state index in [9.17, 15) is 4.79 Å². The van der Waals surface area contributed by atoms with E-state index in [1.54, 1.807) is 0 Å². The summed E-state index contributed by atoms with van der Waals surface area (Å²) in [5, 5.41) is 6.16. The minimum atomic E-state index is 0.0908. The summed E-state index contributed by atoms with van der Waals surface area (Å²) in [6, 6.07) is 0.576. The third kappa shape index (κ3) is 3.96. The van der Waals surface area contributed by atoms with Crippen LogP contribution in [0.25, 0.3) is 0 Å². The molecule has 1 heterocycles. The molecule has 0 aliphatic carbocycles. The summed E-state index contributed by atoms with van der Waals surface area (Å²) in [7, 11) is 0. The van der Waals surface area contributed by atoms with Gasteiger partial charge in [-0.15, -0.1) is 0 Å². The van der Waals surface area contributed by atoms with Crippen molar-refractivity contribution in [3.05, 3.63) is 0 Å². The van der Waals surface area contributed by atoms with Gasteiger partial charge in [-0.05, 0) is 12.8 Å². The predicted molar refractivity (Wildman–Crippen MR) is 57.3 cm³/mol. The summed E-state index contributed by atoms with van der Waals surface area (Å²) in [5.74, 6) is 0. The molecule has 1 fully saturated rings. The van der Waals surface area contributed by atoms with Gasteiger partial charge in [-0.1, -0.05) is 13.8 Å². The van der Waals surface area contributed by atoms with Crippen molar-refractivity contribution in [2.75, 3.05) is 26.2 Å². The molecular formula is C10H21N3O. The number of hydrogen-bond donors (Lipinski definition) is 2. The standard InChI is InChI=1S/C10H21N3O/c1-9(2)11-5-6-12-10(14)13-7-3-4-8-13/h9,11H,3-8H2,1-2H3,(H,12,14). The summed E-state index contributed by atoms with van der Waals surface area (Å²) in [6.07, 6.45) is 2.30. The molecule has 14 heavy (non-hydrogen) atoms. The van der Waals surface area contributed by atoms with E-state index >= 15 is 0 Å². The molecule has 4 heteroatoms.